The van der Waals surface area contributed by atoms with Gasteiger partial charge in [0.1, 0.15) is 0 Å². The minimum absolute atomic E-state index is 0.783. The molecule has 6 rings (SSSR count). The van der Waals surface area contributed by atoms with E-state index in [-0.39, 0.29) is 0 Å². The van der Waals surface area contributed by atoms with Crippen LogP contribution in [0, 0.1) is 0 Å². The summed E-state index contributed by atoms with van der Waals surface area (Å²) < 4.78 is 0. The molecule has 0 unspecified atom stereocenters. The highest BCUT2D eigenvalue weighted by Gasteiger charge is 2.16. The molecular formula is C50H55NSi3. The quantitative estimate of drug-likeness (QED) is 0.0888. The van der Waals surface area contributed by atoms with Crippen molar-refractivity contribution >= 4 is 94.0 Å². The van der Waals surface area contributed by atoms with Gasteiger partial charge in [0.05, 0.1) is 24.9 Å². The highest BCUT2D eigenvalue weighted by molar-refractivity contribution is 6.89. The topological polar surface area (TPSA) is 3.24 Å². The zero-order chi connectivity index (χ0) is 38.3. The predicted octanol–water partition coefficient (Wildman–Crippen LogP) is 12.5. The van der Waals surface area contributed by atoms with Crippen LogP contribution in [0.2, 0.25) is 52.4 Å². The Kier molecular flexibility index (Phi) is 12.2. The van der Waals surface area contributed by atoms with Crippen molar-refractivity contribution in [2.45, 2.75) is 52.4 Å². The molecule has 1 nitrogen and oxygen atoms in total. The Hall–Kier alpha value is -5.01. The zero-order valence-corrected chi connectivity index (χ0v) is 36.5. The third-order valence-corrected chi connectivity index (χ3v) is 15.9. The first-order chi connectivity index (χ1) is 25.8. The minimum Gasteiger partial charge on any atom is -0.311 e. The molecule has 0 aromatic heterocycles. The maximum atomic E-state index is 2.39. The van der Waals surface area contributed by atoms with E-state index in [2.05, 4.69) is 239 Å². The molecule has 0 amide bonds. The lowest BCUT2D eigenvalue weighted by Crippen LogP contribution is -2.37. The Balaban J connectivity index is 1.24. The molecule has 0 aliphatic heterocycles. The number of nitrogens with zero attached hydrogens (tertiary/aromatic N) is 1. The lowest BCUT2D eigenvalue weighted by Gasteiger charge is -2.26. The van der Waals surface area contributed by atoms with Gasteiger partial charge in [0.25, 0.3) is 0 Å². The standard InChI is InChI=1S/C50H55NSi3/c1-52(2)48-33-21-42(22-34-48)12-9-39-15-27-45(28-16-39)51(46-29-17-40(18-30-46)10-13-43-23-35-49(36-24-43)53(3,4)5)47-31-19-41(20-32-47)11-14-44-25-37-50(38-26-44)54(6,7)8/h9-38,52H,1-8H3/b12-9+,13-10+,14-11+. The molecule has 6 aromatic rings. The normalized spacial score (nSPS) is 12.4. The van der Waals surface area contributed by atoms with Crippen molar-refractivity contribution in [2.24, 2.45) is 0 Å². The SMILES string of the molecule is C[SiH](C)c1ccc(/C=C/c2ccc(N(c3ccc(/C=C/c4ccc([Si](C)(C)C)cc4)cc3)c3ccc(/C=C/c4ccc([Si](C)(C)C)cc4)cc3)cc2)cc1. The number of benzene rings is 6. The predicted molar refractivity (Wildman–Crippen MR) is 252 cm³/mol. The smallest absolute Gasteiger partial charge is 0.0775 e. The van der Waals surface area contributed by atoms with Gasteiger partial charge >= 0.3 is 0 Å². The van der Waals surface area contributed by atoms with Gasteiger partial charge in [0, 0.05) is 17.1 Å². The summed E-state index contributed by atoms with van der Waals surface area (Å²) in [7, 11) is -3.39. The second-order valence-electron chi connectivity index (χ2n) is 16.7. The van der Waals surface area contributed by atoms with E-state index in [9.17, 15) is 0 Å². The van der Waals surface area contributed by atoms with Gasteiger partial charge in [-0.2, -0.15) is 0 Å². The van der Waals surface area contributed by atoms with Crippen LogP contribution in [0.15, 0.2) is 146 Å². The zero-order valence-electron chi connectivity index (χ0n) is 33.3. The lowest BCUT2D eigenvalue weighted by molar-refractivity contribution is 1.28. The summed E-state index contributed by atoms with van der Waals surface area (Å²) in [4.78, 5) is 2.34. The summed E-state index contributed by atoms with van der Waals surface area (Å²) in [6.45, 7) is 19.1. The Morgan fingerprint density at radius 3 is 0.778 bits per heavy atom. The summed E-state index contributed by atoms with van der Waals surface area (Å²) >= 11 is 0. The summed E-state index contributed by atoms with van der Waals surface area (Å²) in [5.41, 5.74) is 10.6. The Bertz CT molecular complexity index is 2080. The van der Waals surface area contributed by atoms with Crippen LogP contribution in [0.3, 0.4) is 0 Å². The van der Waals surface area contributed by atoms with Crippen molar-refractivity contribution < 1.29 is 0 Å². The summed E-state index contributed by atoms with van der Waals surface area (Å²) in [6, 6.07) is 53.8. The van der Waals surface area contributed by atoms with E-state index in [0.717, 1.165) is 17.1 Å². The number of hydrogen-bond acceptors (Lipinski definition) is 1. The van der Waals surface area contributed by atoms with E-state index in [0.29, 0.717) is 0 Å². The van der Waals surface area contributed by atoms with E-state index in [1.54, 1.807) is 0 Å². The van der Waals surface area contributed by atoms with Gasteiger partial charge in [-0.15, -0.1) is 0 Å². The molecule has 0 saturated heterocycles. The first-order valence-electron chi connectivity index (χ1n) is 19.3. The molecule has 0 radical (unpaired) electrons. The van der Waals surface area contributed by atoms with Gasteiger partial charge < -0.3 is 4.90 Å². The Morgan fingerprint density at radius 2 is 0.556 bits per heavy atom. The monoisotopic (exact) mass is 753 g/mol. The van der Waals surface area contributed by atoms with Crippen molar-refractivity contribution in [3.8, 4) is 0 Å². The molecule has 0 N–H and O–H groups in total. The molecule has 4 heteroatoms. The molecule has 0 spiro atoms. The van der Waals surface area contributed by atoms with Crippen LogP contribution in [0.4, 0.5) is 17.1 Å². The fourth-order valence-corrected chi connectivity index (χ4v) is 9.70. The third kappa shape index (κ3) is 10.4. The van der Waals surface area contributed by atoms with Crippen LogP contribution >= 0.6 is 0 Å². The highest BCUT2D eigenvalue weighted by Crippen LogP contribution is 2.35. The summed E-state index contributed by atoms with van der Waals surface area (Å²) in [5.74, 6) is 0. The van der Waals surface area contributed by atoms with Crippen molar-refractivity contribution in [3.63, 3.8) is 0 Å². The highest BCUT2D eigenvalue weighted by atomic mass is 28.3. The second-order valence-corrected chi connectivity index (χ2v) is 29.8. The molecule has 0 aliphatic rings. The van der Waals surface area contributed by atoms with E-state index in [1.165, 1.54) is 48.9 Å². The van der Waals surface area contributed by atoms with E-state index in [4.69, 9.17) is 0 Å². The molecule has 0 bridgehead atoms. The van der Waals surface area contributed by atoms with Crippen LogP contribution in [-0.2, 0) is 0 Å². The van der Waals surface area contributed by atoms with E-state index < -0.39 is 24.9 Å². The molecule has 0 atom stereocenters. The van der Waals surface area contributed by atoms with Gasteiger partial charge in [-0.3, -0.25) is 0 Å². The van der Waals surface area contributed by atoms with Gasteiger partial charge in [0.15, 0.2) is 0 Å². The summed E-state index contributed by atoms with van der Waals surface area (Å²) in [5, 5.41) is 4.48. The fourth-order valence-electron chi connectivity index (χ4n) is 6.41. The Morgan fingerprint density at radius 1 is 0.333 bits per heavy atom. The summed E-state index contributed by atoms with van der Waals surface area (Å²) in [6.07, 6.45) is 13.2. The minimum atomic E-state index is -1.31. The molecule has 272 valence electrons. The molecule has 0 saturated carbocycles. The van der Waals surface area contributed by atoms with Crippen molar-refractivity contribution in [2.75, 3.05) is 4.90 Å². The number of hydrogen-bond donors (Lipinski definition) is 0. The van der Waals surface area contributed by atoms with Gasteiger partial charge in [-0.25, -0.2) is 0 Å². The van der Waals surface area contributed by atoms with Crippen molar-refractivity contribution in [1.29, 1.82) is 0 Å². The Labute approximate surface area is 328 Å². The van der Waals surface area contributed by atoms with E-state index in [1.807, 2.05) is 0 Å². The van der Waals surface area contributed by atoms with Crippen LogP contribution in [0.5, 0.6) is 0 Å². The van der Waals surface area contributed by atoms with Crippen LogP contribution in [-0.4, -0.2) is 24.9 Å². The van der Waals surface area contributed by atoms with Crippen molar-refractivity contribution in [1.82, 2.24) is 0 Å². The second kappa shape index (κ2) is 17.0. The van der Waals surface area contributed by atoms with Gasteiger partial charge in [-0.05, 0) is 69.8 Å². The van der Waals surface area contributed by atoms with Gasteiger partial charge in [0.2, 0.25) is 0 Å². The number of rotatable bonds is 12. The third-order valence-electron chi connectivity index (χ3n) is 10.0. The first kappa shape index (κ1) is 38.7. The van der Waals surface area contributed by atoms with E-state index >= 15 is 0 Å². The first-order valence-corrected chi connectivity index (χ1v) is 29.2. The molecule has 0 heterocycles. The van der Waals surface area contributed by atoms with Crippen molar-refractivity contribution in [3.05, 3.63) is 179 Å². The van der Waals surface area contributed by atoms with Crippen LogP contribution < -0.4 is 20.5 Å². The maximum Gasteiger partial charge on any atom is 0.0775 e. The number of anilines is 3. The molecule has 0 fully saturated rings. The van der Waals surface area contributed by atoms with Crippen LogP contribution in [0.25, 0.3) is 36.5 Å². The molecule has 54 heavy (non-hydrogen) atoms. The molecular weight excluding hydrogens is 699 g/mol. The largest absolute Gasteiger partial charge is 0.311 e. The van der Waals surface area contributed by atoms with Crippen LogP contribution in [0.1, 0.15) is 33.4 Å². The van der Waals surface area contributed by atoms with Gasteiger partial charge in [-0.1, -0.05) is 214 Å². The average molecular weight is 754 g/mol. The maximum absolute atomic E-state index is 2.39. The lowest BCUT2D eigenvalue weighted by atomic mass is 10.1. The molecule has 0 aliphatic carbocycles. The average Bonchev–Trinajstić information content (AvgIpc) is 3.17. The molecule has 6 aromatic carbocycles. The fraction of sp³-hybridized carbons (Fsp3) is 0.160.